The number of fused-ring (bicyclic) bond motifs is 2. The van der Waals surface area contributed by atoms with Crippen LogP contribution in [-0.2, 0) is 4.79 Å². The van der Waals surface area contributed by atoms with Crippen molar-refractivity contribution < 1.29 is 4.79 Å². The lowest BCUT2D eigenvalue weighted by molar-refractivity contribution is -0.124. The first-order chi connectivity index (χ1) is 8.40. The highest BCUT2D eigenvalue weighted by molar-refractivity contribution is 6.17. The summed E-state index contributed by atoms with van der Waals surface area (Å²) in [6, 6.07) is 0.354. The SMILES string of the molecule is CC12CCC(C1)C(C)(C)C2NC(=O)CCCCCl. The molecule has 0 aromatic heterocycles. The lowest BCUT2D eigenvalue weighted by Crippen LogP contribution is -2.52. The molecule has 2 rings (SSSR count). The average Bonchev–Trinajstić information content (AvgIpc) is 2.76. The van der Waals surface area contributed by atoms with Gasteiger partial charge < -0.3 is 5.32 Å². The first-order valence-corrected chi connectivity index (χ1v) is 7.79. The summed E-state index contributed by atoms with van der Waals surface area (Å²) in [6.07, 6.45) is 6.36. The number of halogens is 1. The monoisotopic (exact) mass is 271 g/mol. The summed E-state index contributed by atoms with van der Waals surface area (Å²) >= 11 is 5.64. The molecule has 1 amide bonds. The van der Waals surface area contributed by atoms with Crippen LogP contribution >= 0.6 is 11.6 Å². The number of alkyl halides is 1. The average molecular weight is 272 g/mol. The predicted octanol–water partition coefficient (Wildman–Crippen LogP) is 3.73. The second-order valence-electron chi connectivity index (χ2n) is 7.06. The van der Waals surface area contributed by atoms with E-state index in [0.717, 1.165) is 18.8 Å². The van der Waals surface area contributed by atoms with Crippen molar-refractivity contribution in [2.75, 3.05) is 5.88 Å². The molecular weight excluding hydrogens is 246 g/mol. The molecule has 1 N–H and O–H groups in total. The summed E-state index contributed by atoms with van der Waals surface area (Å²) in [6.45, 7) is 7.00. The fourth-order valence-corrected chi connectivity index (χ4v) is 4.46. The number of hydrogen-bond donors (Lipinski definition) is 1. The van der Waals surface area contributed by atoms with Crippen molar-refractivity contribution in [3.8, 4) is 0 Å². The van der Waals surface area contributed by atoms with Gasteiger partial charge in [-0.05, 0) is 48.9 Å². The van der Waals surface area contributed by atoms with Crippen molar-refractivity contribution in [3.05, 3.63) is 0 Å². The summed E-state index contributed by atoms with van der Waals surface area (Å²) in [5, 5.41) is 3.32. The van der Waals surface area contributed by atoms with Crippen LogP contribution < -0.4 is 5.32 Å². The molecule has 0 radical (unpaired) electrons. The Hall–Kier alpha value is -0.240. The third-order valence-electron chi connectivity index (χ3n) is 5.36. The molecule has 2 saturated carbocycles. The number of carbonyl (C=O) groups excluding carboxylic acids is 1. The number of rotatable bonds is 5. The van der Waals surface area contributed by atoms with Gasteiger partial charge in [-0.25, -0.2) is 0 Å². The standard InChI is InChI=1S/C15H26ClNO/c1-14(2)11-7-8-15(3,10-11)13(14)17-12(18)6-4-5-9-16/h11,13H,4-10H2,1-3H3,(H,17,18). The Bertz CT molecular complexity index is 324. The molecule has 0 aliphatic heterocycles. The fraction of sp³-hybridized carbons (Fsp3) is 0.933. The van der Waals surface area contributed by atoms with Gasteiger partial charge in [0.05, 0.1) is 0 Å². The maximum absolute atomic E-state index is 12.0. The molecule has 0 aromatic rings. The highest BCUT2D eigenvalue weighted by atomic mass is 35.5. The second-order valence-corrected chi connectivity index (χ2v) is 7.44. The molecule has 3 unspecified atom stereocenters. The minimum atomic E-state index is 0.215. The normalized spacial score (nSPS) is 36.9. The van der Waals surface area contributed by atoms with Crippen LogP contribution in [0.3, 0.4) is 0 Å². The van der Waals surface area contributed by atoms with Crippen molar-refractivity contribution in [1.29, 1.82) is 0 Å². The maximum Gasteiger partial charge on any atom is 0.220 e. The molecule has 3 atom stereocenters. The first kappa shape index (κ1) is 14.2. The Morgan fingerprint density at radius 3 is 2.61 bits per heavy atom. The molecule has 0 spiro atoms. The Morgan fingerprint density at radius 2 is 2.06 bits per heavy atom. The number of nitrogens with one attached hydrogen (secondary N) is 1. The first-order valence-electron chi connectivity index (χ1n) is 7.25. The molecular formula is C15H26ClNO. The van der Waals surface area contributed by atoms with Crippen LogP contribution in [0.25, 0.3) is 0 Å². The van der Waals surface area contributed by atoms with Gasteiger partial charge in [-0.2, -0.15) is 0 Å². The molecule has 18 heavy (non-hydrogen) atoms. The van der Waals surface area contributed by atoms with Crippen LogP contribution in [0.2, 0.25) is 0 Å². The number of unbranched alkanes of at least 4 members (excludes halogenated alkanes) is 1. The molecule has 0 heterocycles. The van der Waals surface area contributed by atoms with E-state index in [1.54, 1.807) is 0 Å². The zero-order valence-electron chi connectivity index (χ0n) is 11.9. The van der Waals surface area contributed by atoms with Crippen molar-refractivity contribution in [2.45, 2.75) is 65.3 Å². The number of amides is 1. The molecule has 0 saturated heterocycles. The van der Waals surface area contributed by atoms with Crippen LogP contribution in [0.5, 0.6) is 0 Å². The van der Waals surface area contributed by atoms with E-state index in [4.69, 9.17) is 11.6 Å². The summed E-state index contributed by atoms with van der Waals surface area (Å²) in [4.78, 5) is 12.0. The van der Waals surface area contributed by atoms with Gasteiger partial charge in [0, 0.05) is 18.3 Å². The lowest BCUT2D eigenvalue weighted by atomic mass is 9.68. The summed E-state index contributed by atoms with van der Waals surface area (Å²) in [5.41, 5.74) is 0.589. The minimum Gasteiger partial charge on any atom is -0.352 e. The van der Waals surface area contributed by atoms with Gasteiger partial charge in [0.2, 0.25) is 5.91 Å². The highest BCUT2D eigenvalue weighted by Gasteiger charge is 2.59. The molecule has 2 fully saturated rings. The summed E-state index contributed by atoms with van der Waals surface area (Å²) in [7, 11) is 0. The van der Waals surface area contributed by atoms with E-state index in [-0.39, 0.29) is 11.3 Å². The molecule has 2 aliphatic rings. The second kappa shape index (κ2) is 5.03. The molecule has 3 heteroatoms. The third-order valence-corrected chi connectivity index (χ3v) is 5.63. The molecule has 104 valence electrons. The number of hydrogen-bond acceptors (Lipinski definition) is 1. The third kappa shape index (κ3) is 2.41. The molecule has 2 bridgehead atoms. The van der Waals surface area contributed by atoms with Gasteiger partial charge in [-0.1, -0.05) is 20.8 Å². The Kier molecular flexibility index (Phi) is 3.96. The van der Waals surface area contributed by atoms with Crippen LogP contribution in [-0.4, -0.2) is 17.8 Å². The van der Waals surface area contributed by atoms with Crippen molar-refractivity contribution in [3.63, 3.8) is 0 Å². The van der Waals surface area contributed by atoms with Crippen molar-refractivity contribution in [2.24, 2.45) is 16.7 Å². The molecule has 2 aliphatic carbocycles. The Balaban J connectivity index is 1.94. The van der Waals surface area contributed by atoms with Gasteiger partial charge in [0.15, 0.2) is 0 Å². The largest absolute Gasteiger partial charge is 0.352 e. The van der Waals surface area contributed by atoms with Crippen LogP contribution in [0.4, 0.5) is 0 Å². The minimum absolute atomic E-state index is 0.215. The number of carbonyl (C=O) groups is 1. The summed E-state index contributed by atoms with van der Waals surface area (Å²) < 4.78 is 0. The van der Waals surface area contributed by atoms with E-state index >= 15 is 0 Å². The van der Waals surface area contributed by atoms with E-state index in [1.807, 2.05) is 0 Å². The van der Waals surface area contributed by atoms with Crippen LogP contribution in [0.1, 0.15) is 59.3 Å². The Labute approximate surface area is 116 Å². The van der Waals surface area contributed by atoms with E-state index in [0.29, 0.717) is 23.8 Å². The van der Waals surface area contributed by atoms with Crippen molar-refractivity contribution >= 4 is 17.5 Å². The van der Waals surface area contributed by atoms with Crippen molar-refractivity contribution in [1.82, 2.24) is 5.32 Å². The maximum atomic E-state index is 12.0. The van der Waals surface area contributed by atoms with E-state index < -0.39 is 0 Å². The van der Waals surface area contributed by atoms with Gasteiger partial charge in [-0.3, -0.25) is 4.79 Å². The van der Waals surface area contributed by atoms with Gasteiger partial charge in [-0.15, -0.1) is 11.6 Å². The van der Waals surface area contributed by atoms with Gasteiger partial charge >= 0.3 is 0 Å². The molecule has 2 nitrogen and oxygen atoms in total. The van der Waals surface area contributed by atoms with Crippen LogP contribution in [0.15, 0.2) is 0 Å². The zero-order valence-corrected chi connectivity index (χ0v) is 12.6. The van der Waals surface area contributed by atoms with E-state index in [1.165, 1.54) is 19.3 Å². The lowest BCUT2D eigenvalue weighted by Gasteiger charge is -2.43. The van der Waals surface area contributed by atoms with Gasteiger partial charge in [0.25, 0.3) is 0 Å². The zero-order chi connectivity index (χ0) is 13.4. The fourth-order valence-electron chi connectivity index (χ4n) is 4.28. The van der Waals surface area contributed by atoms with Crippen LogP contribution in [0, 0.1) is 16.7 Å². The quantitative estimate of drug-likeness (QED) is 0.599. The smallest absolute Gasteiger partial charge is 0.220 e. The summed E-state index contributed by atoms with van der Waals surface area (Å²) in [5.74, 6) is 1.66. The van der Waals surface area contributed by atoms with Gasteiger partial charge in [0.1, 0.15) is 0 Å². The Morgan fingerprint density at radius 1 is 1.33 bits per heavy atom. The van der Waals surface area contributed by atoms with E-state index in [9.17, 15) is 4.79 Å². The highest BCUT2D eigenvalue weighted by Crippen LogP contribution is 2.62. The predicted molar refractivity (Wildman–Crippen MR) is 75.7 cm³/mol. The molecule has 0 aromatic carbocycles. The topological polar surface area (TPSA) is 29.1 Å². The van der Waals surface area contributed by atoms with E-state index in [2.05, 4.69) is 26.1 Å².